The number of aliphatic carboxylic acids is 1. The molecule has 5 nitrogen and oxygen atoms in total. The van der Waals surface area contributed by atoms with Gasteiger partial charge in [0.05, 0.1) is 18.3 Å². The molecule has 1 saturated carbocycles. The lowest BCUT2D eigenvalue weighted by Crippen LogP contribution is -2.20. The fourth-order valence-corrected chi connectivity index (χ4v) is 3.29. The van der Waals surface area contributed by atoms with E-state index in [0.717, 1.165) is 12.8 Å². The average molecular weight is 379 g/mol. The summed E-state index contributed by atoms with van der Waals surface area (Å²) in [7, 11) is 0. The number of aliphatic hydroxyl groups excluding tert-OH is 3. The Hall–Kier alpha value is -1.69. The Bertz CT molecular complexity index is 535. The molecule has 5 heteroatoms. The molecule has 0 amide bonds. The second-order valence-corrected chi connectivity index (χ2v) is 7.03. The van der Waals surface area contributed by atoms with Gasteiger partial charge in [-0.1, -0.05) is 55.5 Å². The van der Waals surface area contributed by atoms with Crippen molar-refractivity contribution in [1.29, 1.82) is 0 Å². The van der Waals surface area contributed by atoms with Crippen molar-refractivity contribution < 1.29 is 25.2 Å². The van der Waals surface area contributed by atoms with Gasteiger partial charge in [-0.15, -0.1) is 0 Å². The highest BCUT2D eigenvalue weighted by atomic mass is 16.4. The maximum absolute atomic E-state index is 10.4. The van der Waals surface area contributed by atoms with Gasteiger partial charge in [0.25, 0.3) is 0 Å². The molecule has 1 rings (SSSR count). The van der Waals surface area contributed by atoms with E-state index in [9.17, 15) is 20.1 Å². The Kier molecular flexibility index (Phi) is 11.7. The van der Waals surface area contributed by atoms with Gasteiger partial charge in [-0.25, -0.2) is 0 Å². The van der Waals surface area contributed by atoms with Crippen LogP contribution in [0.2, 0.25) is 0 Å². The van der Waals surface area contributed by atoms with Crippen LogP contribution in [0.25, 0.3) is 0 Å². The summed E-state index contributed by atoms with van der Waals surface area (Å²) in [6, 6.07) is 0. The van der Waals surface area contributed by atoms with E-state index in [4.69, 9.17) is 5.11 Å². The molecule has 4 N–H and O–H groups in total. The van der Waals surface area contributed by atoms with Crippen LogP contribution >= 0.6 is 0 Å². The summed E-state index contributed by atoms with van der Waals surface area (Å²) in [6.45, 7) is 2.06. The molecule has 1 fully saturated rings. The third-order valence-corrected chi connectivity index (χ3v) is 4.79. The number of carbonyl (C=O) groups is 1. The Morgan fingerprint density at radius 3 is 2.52 bits per heavy atom. The molecule has 5 atom stereocenters. The van der Waals surface area contributed by atoms with Gasteiger partial charge < -0.3 is 20.4 Å². The van der Waals surface area contributed by atoms with Crippen LogP contribution in [0.5, 0.6) is 0 Å². The van der Waals surface area contributed by atoms with E-state index >= 15 is 0 Å². The van der Waals surface area contributed by atoms with Crippen molar-refractivity contribution in [3.63, 3.8) is 0 Å². The zero-order valence-electron chi connectivity index (χ0n) is 16.2. The van der Waals surface area contributed by atoms with Crippen LogP contribution in [0.15, 0.2) is 48.6 Å². The number of rotatable bonds is 12. The first-order chi connectivity index (χ1) is 13.0. The van der Waals surface area contributed by atoms with Gasteiger partial charge >= 0.3 is 5.97 Å². The fraction of sp³-hybridized carbons (Fsp3) is 0.591. The Balaban J connectivity index is 2.39. The highest BCUT2D eigenvalue weighted by molar-refractivity contribution is 5.66. The lowest BCUT2D eigenvalue weighted by molar-refractivity contribution is -0.136. The maximum Gasteiger partial charge on any atom is 0.303 e. The molecule has 0 aromatic rings. The molecular formula is C22H34O5. The highest BCUT2D eigenvalue weighted by Crippen LogP contribution is 2.36. The van der Waals surface area contributed by atoms with E-state index in [0.29, 0.717) is 25.7 Å². The van der Waals surface area contributed by atoms with Crippen LogP contribution in [0.3, 0.4) is 0 Å². The van der Waals surface area contributed by atoms with E-state index in [1.165, 1.54) is 0 Å². The van der Waals surface area contributed by atoms with Crippen molar-refractivity contribution in [1.82, 2.24) is 0 Å². The van der Waals surface area contributed by atoms with E-state index in [1.54, 1.807) is 6.08 Å². The molecule has 0 saturated heterocycles. The summed E-state index contributed by atoms with van der Waals surface area (Å²) < 4.78 is 0. The minimum absolute atomic E-state index is 0.0160. The Morgan fingerprint density at radius 2 is 1.81 bits per heavy atom. The largest absolute Gasteiger partial charge is 0.481 e. The van der Waals surface area contributed by atoms with Crippen molar-refractivity contribution in [3.05, 3.63) is 48.6 Å². The molecule has 27 heavy (non-hydrogen) atoms. The Labute approximate surface area is 162 Å². The number of aliphatic hydroxyl groups is 3. The molecule has 0 bridgehead atoms. The van der Waals surface area contributed by atoms with Crippen LogP contribution in [0.1, 0.15) is 51.9 Å². The zero-order chi connectivity index (χ0) is 20.1. The maximum atomic E-state index is 10.4. The molecule has 152 valence electrons. The predicted octanol–water partition coefficient (Wildman–Crippen LogP) is 3.38. The molecule has 0 aromatic carbocycles. The molecule has 0 aromatic heterocycles. The molecule has 1 aliphatic rings. The van der Waals surface area contributed by atoms with E-state index in [2.05, 4.69) is 19.1 Å². The lowest BCUT2D eigenvalue weighted by Gasteiger charge is -2.19. The van der Waals surface area contributed by atoms with Crippen LogP contribution in [0.4, 0.5) is 0 Å². The van der Waals surface area contributed by atoms with Gasteiger partial charge in [-0.3, -0.25) is 4.79 Å². The summed E-state index contributed by atoms with van der Waals surface area (Å²) in [6.07, 6.45) is 17.4. The number of hydrogen-bond acceptors (Lipinski definition) is 4. The summed E-state index contributed by atoms with van der Waals surface area (Å²) in [5.74, 6) is -0.955. The number of carboxylic acid groups (broad SMARTS) is 1. The summed E-state index contributed by atoms with van der Waals surface area (Å²) in [5, 5.41) is 38.9. The van der Waals surface area contributed by atoms with Crippen molar-refractivity contribution in [2.45, 2.75) is 70.2 Å². The van der Waals surface area contributed by atoms with Crippen LogP contribution in [-0.2, 0) is 4.79 Å². The quantitative estimate of drug-likeness (QED) is 0.390. The summed E-state index contributed by atoms with van der Waals surface area (Å²) in [5.41, 5.74) is 0. The summed E-state index contributed by atoms with van der Waals surface area (Å²) in [4.78, 5) is 10.4. The first-order valence-electron chi connectivity index (χ1n) is 9.85. The normalized spacial score (nSPS) is 27.6. The van der Waals surface area contributed by atoms with Crippen molar-refractivity contribution >= 4 is 5.97 Å². The first-order valence-corrected chi connectivity index (χ1v) is 9.85. The molecule has 0 radical (unpaired) electrons. The third kappa shape index (κ3) is 9.70. The predicted molar refractivity (Wildman–Crippen MR) is 107 cm³/mol. The number of hydrogen-bond donors (Lipinski definition) is 4. The second-order valence-electron chi connectivity index (χ2n) is 7.03. The van der Waals surface area contributed by atoms with Gasteiger partial charge in [-0.05, 0) is 38.0 Å². The average Bonchev–Trinajstić information content (AvgIpc) is 2.88. The van der Waals surface area contributed by atoms with E-state index in [1.807, 2.05) is 30.4 Å². The van der Waals surface area contributed by atoms with E-state index < -0.39 is 24.3 Å². The fourth-order valence-electron chi connectivity index (χ4n) is 3.29. The number of carboxylic acids is 1. The second kappa shape index (κ2) is 13.5. The van der Waals surface area contributed by atoms with Crippen LogP contribution in [0, 0.1) is 11.8 Å². The van der Waals surface area contributed by atoms with Gasteiger partial charge in [0.2, 0.25) is 0 Å². The topological polar surface area (TPSA) is 98.0 Å². The SMILES string of the molecule is CC/C=C\CC1C(O)CC(O)C1/C=C/C(O)C/C=C\C/C=C\CCC(=O)O. The highest BCUT2D eigenvalue weighted by Gasteiger charge is 2.39. The van der Waals surface area contributed by atoms with Crippen molar-refractivity contribution in [3.8, 4) is 0 Å². The van der Waals surface area contributed by atoms with Crippen LogP contribution in [-0.4, -0.2) is 44.7 Å². The molecule has 0 heterocycles. The molecular weight excluding hydrogens is 344 g/mol. The minimum Gasteiger partial charge on any atom is -0.481 e. The van der Waals surface area contributed by atoms with Crippen molar-refractivity contribution in [2.75, 3.05) is 0 Å². The molecule has 5 unspecified atom stereocenters. The zero-order valence-corrected chi connectivity index (χ0v) is 16.2. The summed E-state index contributed by atoms with van der Waals surface area (Å²) >= 11 is 0. The van der Waals surface area contributed by atoms with Crippen LogP contribution < -0.4 is 0 Å². The van der Waals surface area contributed by atoms with Gasteiger partial charge in [0.15, 0.2) is 0 Å². The van der Waals surface area contributed by atoms with Gasteiger partial charge in [-0.2, -0.15) is 0 Å². The monoisotopic (exact) mass is 378 g/mol. The molecule has 0 aliphatic heterocycles. The Morgan fingerprint density at radius 1 is 1.07 bits per heavy atom. The van der Waals surface area contributed by atoms with E-state index in [-0.39, 0.29) is 18.3 Å². The van der Waals surface area contributed by atoms with Gasteiger partial charge in [0, 0.05) is 18.8 Å². The minimum atomic E-state index is -0.798. The third-order valence-electron chi connectivity index (χ3n) is 4.79. The standard InChI is InChI=1S/C22H34O5/c1-2-3-8-12-18-19(21(25)16-20(18)24)15-14-17(23)11-9-6-4-5-7-10-13-22(26)27/h3,5-9,14-15,17-21,23-25H,2,4,10-13,16H2,1H3,(H,26,27)/b7-5-,8-3-,9-6-,15-14+. The van der Waals surface area contributed by atoms with Gasteiger partial charge in [0.1, 0.15) is 0 Å². The smallest absolute Gasteiger partial charge is 0.303 e. The lowest BCUT2D eigenvalue weighted by atomic mass is 9.89. The molecule has 0 spiro atoms. The molecule has 1 aliphatic carbocycles. The van der Waals surface area contributed by atoms with Crippen molar-refractivity contribution in [2.24, 2.45) is 11.8 Å². The first kappa shape index (κ1) is 23.3. The number of allylic oxidation sites excluding steroid dienone is 5.